The molecule has 1 aliphatic rings. The van der Waals surface area contributed by atoms with Gasteiger partial charge < -0.3 is 4.74 Å². The third-order valence-corrected chi connectivity index (χ3v) is 2.61. The topological polar surface area (TPSA) is 43.4 Å². The monoisotopic (exact) mass is 208 g/mol. The van der Waals surface area contributed by atoms with Crippen LogP contribution in [0.5, 0.6) is 0 Å². The summed E-state index contributed by atoms with van der Waals surface area (Å²) in [5.41, 5.74) is -0.680. The van der Waals surface area contributed by atoms with Gasteiger partial charge in [-0.2, -0.15) is 0 Å². The molecule has 0 bridgehead atoms. The lowest BCUT2D eigenvalue weighted by Crippen LogP contribution is -2.31. The van der Waals surface area contributed by atoms with E-state index in [1.54, 1.807) is 13.0 Å². The predicted molar refractivity (Wildman–Crippen MR) is 57.3 cm³/mol. The van der Waals surface area contributed by atoms with Gasteiger partial charge in [0.1, 0.15) is 5.78 Å². The molecule has 0 aromatic rings. The van der Waals surface area contributed by atoms with Crippen molar-refractivity contribution in [2.45, 2.75) is 26.7 Å². The smallest absolute Gasteiger partial charge is 0.307 e. The fraction of sp³-hybridized carbons (Fsp3) is 0.500. The van der Waals surface area contributed by atoms with Crippen molar-refractivity contribution in [1.29, 1.82) is 0 Å². The third-order valence-electron chi connectivity index (χ3n) is 2.61. The Morgan fingerprint density at radius 3 is 2.60 bits per heavy atom. The second-order valence-corrected chi connectivity index (χ2v) is 3.69. The molecule has 15 heavy (non-hydrogen) atoms. The summed E-state index contributed by atoms with van der Waals surface area (Å²) in [4.78, 5) is 23.0. The molecule has 0 N–H and O–H groups in total. The van der Waals surface area contributed by atoms with Crippen molar-refractivity contribution >= 4 is 11.8 Å². The van der Waals surface area contributed by atoms with Gasteiger partial charge in [0.05, 0.1) is 18.4 Å². The van der Waals surface area contributed by atoms with Crippen LogP contribution in [0.15, 0.2) is 24.3 Å². The molecule has 0 fully saturated rings. The number of carbonyl (C=O) groups excluding carboxylic acids is 2. The molecule has 0 spiro atoms. The maximum absolute atomic E-state index is 11.6. The molecule has 0 saturated carbocycles. The zero-order chi connectivity index (χ0) is 11.3. The summed E-state index contributed by atoms with van der Waals surface area (Å²) in [6.45, 7) is 3.63. The first-order valence-corrected chi connectivity index (χ1v) is 5.12. The summed E-state index contributed by atoms with van der Waals surface area (Å²) in [6, 6.07) is 0. The van der Waals surface area contributed by atoms with E-state index < -0.39 is 5.41 Å². The van der Waals surface area contributed by atoms with Gasteiger partial charge in [0.15, 0.2) is 0 Å². The Hall–Kier alpha value is -1.38. The molecule has 1 unspecified atom stereocenters. The maximum Gasteiger partial charge on any atom is 0.307 e. The van der Waals surface area contributed by atoms with Gasteiger partial charge in [-0.1, -0.05) is 24.3 Å². The van der Waals surface area contributed by atoms with Gasteiger partial charge in [0, 0.05) is 0 Å². The van der Waals surface area contributed by atoms with E-state index in [9.17, 15) is 9.59 Å². The number of hydrogen-bond donors (Lipinski definition) is 0. The van der Waals surface area contributed by atoms with Crippen molar-refractivity contribution in [2.75, 3.05) is 6.61 Å². The molecule has 0 amide bonds. The third kappa shape index (κ3) is 2.78. The van der Waals surface area contributed by atoms with Crippen molar-refractivity contribution in [3.05, 3.63) is 24.3 Å². The molecular weight excluding hydrogens is 192 g/mol. The summed E-state index contributed by atoms with van der Waals surface area (Å²) >= 11 is 0. The average Bonchev–Trinajstić information content (AvgIpc) is 2.19. The highest BCUT2D eigenvalue weighted by atomic mass is 16.5. The van der Waals surface area contributed by atoms with E-state index in [0.29, 0.717) is 13.0 Å². The summed E-state index contributed by atoms with van der Waals surface area (Å²) in [6.07, 6.45) is 8.11. The Morgan fingerprint density at radius 2 is 2.13 bits per heavy atom. The lowest BCUT2D eigenvalue weighted by atomic mass is 9.75. The largest absolute Gasteiger partial charge is 0.466 e. The number of ether oxygens (including phenoxy) is 1. The molecule has 1 atom stereocenters. The molecule has 0 radical (unpaired) electrons. The van der Waals surface area contributed by atoms with Crippen LogP contribution in [0, 0.1) is 5.41 Å². The molecular formula is C12H16O3. The molecule has 0 saturated heterocycles. The minimum absolute atomic E-state index is 0.0103. The van der Waals surface area contributed by atoms with E-state index in [0.717, 1.165) is 0 Å². The van der Waals surface area contributed by atoms with Crippen LogP contribution in [0.25, 0.3) is 0 Å². The van der Waals surface area contributed by atoms with E-state index >= 15 is 0 Å². The molecule has 0 aromatic carbocycles. The van der Waals surface area contributed by atoms with Crippen LogP contribution in [-0.4, -0.2) is 18.4 Å². The van der Waals surface area contributed by atoms with Gasteiger partial charge in [-0.15, -0.1) is 0 Å². The predicted octanol–water partition coefficient (Wildman–Crippen LogP) is 2.03. The molecule has 3 heteroatoms. The minimum atomic E-state index is -0.680. The van der Waals surface area contributed by atoms with Gasteiger partial charge in [-0.3, -0.25) is 9.59 Å². The van der Waals surface area contributed by atoms with Crippen LogP contribution in [0.4, 0.5) is 0 Å². The Morgan fingerprint density at radius 1 is 1.40 bits per heavy atom. The van der Waals surface area contributed by atoms with Crippen LogP contribution >= 0.6 is 0 Å². The summed E-state index contributed by atoms with van der Waals surface area (Å²) in [5, 5.41) is 0. The Kier molecular flexibility index (Phi) is 3.83. The van der Waals surface area contributed by atoms with Crippen molar-refractivity contribution in [2.24, 2.45) is 5.41 Å². The van der Waals surface area contributed by atoms with Crippen molar-refractivity contribution in [3.8, 4) is 0 Å². The number of carbonyl (C=O) groups is 2. The SMILES string of the molecule is CCOC(=O)CC1(C(C)=O)C=CC=CC1. The minimum Gasteiger partial charge on any atom is -0.466 e. The van der Waals surface area contributed by atoms with Crippen molar-refractivity contribution < 1.29 is 14.3 Å². The summed E-state index contributed by atoms with van der Waals surface area (Å²) in [7, 11) is 0. The number of hydrogen-bond acceptors (Lipinski definition) is 3. The highest BCUT2D eigenvalue weighted by molar-refractivity contribution is 5.89. The second-order valence-electron chi connectivity index (χ2n) is 3.69. The van der Waals surface area contributed by atoms with Crippen molar-refractivity contribution in [1.82, 2.24) is 0 Å². The van der Waals surface area contributed by atoms with Crippen LogP contribution in [0.3, 0.4) is 0 Å². The zero-order valence-corrected chi connectivity index (χ0v) is 9.16. The number of allylic oxidation sites excluding steroid dienone is 4. The van der Waals surface area contributed by atoms with Crippen LogP contribution in [-0.2, 0) is 14.3 Å². The van der Waals surface area contributed by atoms with E-state index in [1.807, 2.05) is 18.2 Å². The van der Waals surface area contributed by atoms with Crippen LogP contribution < -0.4 is 0 Å². The number of ketones is 1. The fourth-order valence-corrected chi connectivity index (χ4v) is 1.65. The van der Waals surface area contributed by atoms with E-state index in [4.69, 9.17) is 4.74 Å². The summed E-state index contributed by atoms with van der Waals surface area (Å²) in [5.74, 6) is -0.302. The average molecular weight is 208 g/mol. The highest BCUT2D eigenvalue weighted by Gasteiger charge is 2.35. The molecule has 0 aliphatic heterocycles. The molecule has 0 aromatic heterocycles. The van der Waals surface area contributed by atoms with Crippen LogP contribution in [0.1, 0.15) is 26.7 Å². The van der Waals surface area contributed by atoms with E-state index in [1.165, 1.54) is 6.92 Å². The first-order valence-electron chi connectivity index (χ1n) is 5.12. The van der Waals surface area contributed by atoms with Gasteiger partial charge in [0.2, 0.25) is 0 Å². The first kappa shape index (κ1) is 11.7. The fourth-order valence-electron chi connectivity index (χ4n) is 1.65. The van der Waals surface area contributed by atoms with E-state index in [2.05, 4.69) is 0 Å². The lowest BCUT2D eigenvalue weighted by molar-refractivity contribution is -0.147. The Balaban J connectivity index is 2.75. The first-order chi connectivity index (χ1) is 7.10. The molecule has 1 rings (SSSR count). The van der Waals surface area contributed by atoms with Gasteiger partial charge in [-0.05, 0) is 20.3 Å². The normalized spacial score (nSPS) is 23.9. The number of esters is 1. The Labute approximate surface area is 89.8 Å². The number of rotatable bonds is 4. The molecule has 0 heterocycles. The van der Waals surface area contributed by atoms with Crippen molar-refractivity contribution in [3.63, 3.8) is 0 Å². The quantitative estimate of drug-likeness (QED) is 0.664. The van der Waals surface area contributed by atoms with E-state index in [-0.39, 0.29) is 18.2 Å². The van der Waals surface area contributed by atoms with Gasteiger partial charge in [0.25, 0.3) is 0 Å². The lowest BCUT2D eigenvalue weighted by Gasteiger charge is -2.27. The van der Waals surface area contributed by atoms with Gasteiger partial charge >= 0.3 is 5.97 Å². The second kappa shape index (κ2) is 4.91. The highest BCUT2D eigenvalue weighted by Crippen LogP contribution is 2.33. The number of Topliss-reactive ketones (excluding diaryl/α,β-unsaturated/α-hetero) is 1. The summed E-state index contributed by atoms with van der Waals surface area (Å²) < 4.78 is 4.87. The maximum atomic E-state index is 11.6. The van der Waals surface area contributed by atoms with Gasteiger partial charge in [-0.25, -0.2) is 0 Å². The molecule has 1 aliphatic carbocycles. The standard InChI is InChI=1S/C12H16O3/c1-3-15-11(14)9-12(10(2)13)7-5-4-6-8-12/h4-7H,3,8-9H2,1-2H3. The molecule has 3 nitrogen and oxygen atoms in total. The Bertz CT molecular complexity index is 315. The van der Waals surface area contributed by atoms with Crippen LogP contribution in [0.2, 0.25) is 0 Å². The molecule has 82 valence electrons. The zero-order valence-electron chi connectivity index (χ0n) is 9.16.